The number of imidazole rings is 1. The van der Waals surface area contributed by atoms with Crippen LogP contribution in [0.4, 0.5) is 11.5 Å². The van der Waals surface area contributed by atoms with Crippen LogP contribution < -0.4 is 4.90 Å². The Morgan fingerprint density at radius 3 is 2.70 bits per heavy atom. The van der Waals surface area contributed by atoms with Crippen LogP contribution in [0, 0.1) is 0 Å². The molecule has 1 aromatic rings. The number of pyridine rings is 1. The van der Waals surface area contributed by atoms with Crippen LogP contribution in [-0.2, 0) is 6.54 Å². The zero-order valence-electron chi connectivity index (χ0n) is 13.5. The maximum absolute atomic E-state index is 4.81. The van der Waals surface area contributed by atoms with Crippen molar-refractivity contribution < 1.29 is 0 Å². The quantitative estimate of drug-likeness (QED) is 0.724. The van der Waals surface area contributed by atoms with Gasteiger partial charge in [0.05, 0.1) is 6.33 Å². The molecule has 2 aliphatic heterocycles. The highest BCUT2D eigenvalue weighted by Gasteiger charge is 2.31. The molecule has 23 heavy (non-hydrogen) atoms. The van der Waals surface area contributed by atoms with Gasteiger partial charge in [-0.3, -0.25) is 4.98 Å². The number of hydrogen-bond acceptors (Lipinski definition) is 5. The Morgan fingerprint density at radius 1 is 1.22 bits per heavy atom. The third kappa shape index (κ3) is 2.54. The molecular formula is C17H20N6. The molecule has 3 heterocycles. The summed E-state index contributed by atoms with van der Waals surface area (Å²) in [7, 11) is 2.01. The van der Waals surface area contributed by atoms with E-state index in [1.54, 1.807) is 12.4 Å². The van der Waals surface area contributed by atoms with Gasteiger partial charge >= 0.3 is 0 Å². The van der Waals surface area contributed by atoms with Gasteiger partial charge in [-0.15, -0.1) is 0 Å². The van der Waals surface area contributed by atoms with Crippen molar-refractivity contribution in [1.29, 1.82) is 0 Å². The second kappa shape index (κ2) is 5.61. The van der Waals surface area contributed by atoms with Crippen molar-refractivity contribution in [2.45, 2.75) is 38.6 Å². The highest BCUT2D eigenvalue weighted by Crippen LogP contribution is 2.41. The molecule has 118 valence electrons. The lowest BCUT2D eigenvalue weighted by molar-refractivity contribution is 0.658. The van der Waals surface area contributed by atoms with Crippen molar-refractivity contribution in [2.24, 2.45) is 0 Å². The summed E-state index contributed by atoms with van der Waals surface area (Å²) in [5.41, 5.74) is 1.93. The van der Waals surface area contributed by atoms with Gasteiger partial charge < -0.3 is 9.47 Å². The van der Waals surface area contributed by atoms with Crippen LogP contribution in [0.5, 0.6) is 0 Å². The summed E-state index contributed by atoms with van der Waals surface area (Å²) in [5.74, 6) is 3.30. The van der Waals surface area contributed by atoms with Crippen LogP contribution in [0.1, 0.15) is 37.9 Å². The predicted octanol–water partition coefficient (Wildman–Crippen LogP) is 3.23. The van der Waals surface area contributed by atoms with Crippen molar-refractivity contribution in [3.05, 3.63) is 36.7 Å². The van der Waals surface area contributed by atoms with Gasteiger partial charge in [-0.1, -0.05) is 6.92 Å². The molecule has 4 rings (SSSR count). The molecule has 0 radical (unpaired) electrons. The highest BCUT2D eigenvalue weighted by molar-refractivity contribution is 5.74. The van der Waals surface area contributed by atoms with Gasteiger partial charge in [0, 0.05) is 37.6 Å². The number of aryl methyl sites for hydroxylation is 1. The molecule has 1 saturated carbocycles. The van der Waals surface area contributed by atoms with E-state index in [9.17, 15) is 0 Å². The van der Waals surface area contributed by atoms with E-state index in [0.717, 1.165) is 41.8 Å². The summed E-state index contributed by atoms with van der Waals surface area (Å²) >= 11 is 0. The van der Waals surface area contributed by atoms with Crippen molar-refractivity contribution in [3.63, 3.8) is 0 Å². The molecule has 0 N–H and O–H groups in total. The summed E-state index contributed by atoms with van der Waals surface area (Å²) in [4.78, 5) is 20.4. The van der Waals surface area contributed by atoms with E-state index in [4.69, 9.17) is 9.97 Å². The fourth-order valence-electron chi connectivity index (χ4n) is 2.81. The molecule has 0 amide bonds. The number of nitrogens with zero attached hydrogens (tertiary/aromatic N) is 6. The molecule has 0 spiro atoms. The molecule has 1 fully saturated rings. The molecule has 0 saturated heterocycles. The highest BCUT2D eigenvalue weighted by atomic mass is 15.2. The van der Waals surface area contributed by atoms with E-state index in [1.807, 2.05) is 30.4 Å². The average molecular weight is 308 g/mol. The summed E-state index contributed by atoms with van der Waals surface area (Å²) in [6.45, 7) is 3.07. The fraction of sp³-hybridized carbons (Fsp3) is 0.412. The fourth-order valence-corrected chi connectivity index (χ4v) is 2.81. The van der Waals surface area contributed by atoms with Gasteiger partial charge in [-0.05, 0) is 31.4 Å². The van der Waals surface area contributed by atoms with E-state index in [-0.39, 0.29) is 0 Å². The minimum absolute atomic E-state index is 0.538. The Labute approximate surface area is 135 Å². The van der Waals surface area contributed by atoms with Crippen molar-refractivity contribution in [1.82, 2.24) is 24.5 Å². The lowest BCUT2D eigenvalue weighted by Crippen LogP contribution is -2.16. The molecule has 6 heteroatoms. The number of rotatable bonds is 5. The monoisotopic (exact) mass is 308 g/mol. The van der Waals surface area contributed by atoms with Gasteiger partial charge in [-0.2, -0.15) is 0 Å². The second-order valence-electron chi connectivity index (χ2n) is 6.05. The molecule has 1 aliphatic carbocycles. The summed E-state index contributed by atoms with van der Waals surface area (Å²) < 4.78 is 2.11. The van der Waals surface area contributed by atoms with Gasteiger partial charge in [0.1, 0.15) is 5.82 Å². The SMILES string of the molecule is CCCn1cnc(N(C)c2ccncc2)c2nc(C3CC3)nc1-2. The first-order valence-electron chi connectivity index (χ1n) is 8.14. The predicted molar refractivity (Wildman–Crippen MR) is 89.0 cm³/mol. The molecule has 3 aliphatic rings. The number of anilines is 2. The molecule has 6 nitrogen and oxygen atoms in total. The molecule has 1 aromatic heterocycles. The van der Waals surface area contributed by atoms with Crippen LogP contribution in [0.2, 0.25) is 0 Å². The van der Waals surface area contributed by atoms with Gasteiger partial charge in [0.2, 0.25) is 0 Å². The maximum Gasteiger partial charge on any atom is 0.165 e. The van der Waals surface area contributed by atoms with Gasteiger partial charge in [-0.25, -0.2) is 15.0 Å². The summed E-state index contributed by atoms with van der Waals surface area (Å²) in [6.07, 6.45) is 8.90. The zero-order chi connectivity index (χ0) is 15.8. The molecule has 0 aromatic carbocycles. The van der Waals surface area contributed by atoms with Crippen LogP contribution in [0.25, 0.3) is 11.5 Å². The molecule has 0 bridgehead atoms. The Morgan fingerprint density at radius 2 is 2.00 bits per heavy atom. The smallest absolute Gasteiger partial charge is 0.165 e. The number of fused-ring (bicyclic) bond motifs is 1. The van der Waals surface area contributed by atoms with Crippen molar-refractivity contribution >= 4 is 11.5 Å². The van der Waals surface area contributed by atoms with Crippen molar-refractivity contribution in [2.75, 3.05) is 11.9 Å². The lowest BCUT2D eigenvalue weighted by atomic mass is 10.3. The van der Waals surface area contributed by atoms with E-state index in [2.05, 4.69) is 21.5 Å². The van der Waals surface area contributed by atoms with E-state index in [1.165, 1.54) is 12.8 Å². The Balaban J connectivity index is 1.82. The largest absolute Gasteiger partial charge is 0.327 e. The topological polar surface area (TPSA) is 59.7 Å². The van der Waals surface area contributed by atoms with Crippen LogP contribution >= 0.6 is 0 Å². The maximum atomic E-state index is 4.81. The first-order valence-corrected chi connectivity index (χ1v) is 8.14. The van der Waals surface area contributed by atoms with Gasteiger partial charge in [0.25, 0.3) is 0 Å². The van der Waals surface area contributed by atoms with Crippen LogP contribution in [0.3, 0.4) is 0 Å². The molecular weight excluding hydrogens is 288 g/mol. The first-order chi connectivity index (χ1) is 11.3. The molecule has 0 atom stereocenters. The Hall–Kier alpha value is -2.50. The average Bonchev–Trinajstić information content (AvgIpc) is 3.34. The minimum atomic E-state index is 0.538. The van der Waals surface area contributed by atoms with E-state index >= 15 is 0 Å². The summed E-state index contributed by atoms with van der Waals surface area (Å²) in [6, 6.07) is 3.94. The second-order valence-corrected chi connectivity index (χ2v) is 6.05. The Bertz CT molecular complexity index is 777. The van der Waals surface area contributed by atoms with Crippen molar-refractivity contribution in [3.8, 4) is 11.5 Å². The lowest BCUT2D eigenvalue weighted by Gasteiger charge is -2.21. The number of aromatic nitrogens is 5. The third-order valence-corrected chi connectivity index (χ3v) is 4.24. The zero-order valence-corrected chi connectivity index (χ0v) is 13.5. The third-order valence-electron chi connectivity index (χ3n) is 4.24. The first kappa shape index (κ1) is 14.1. The van der Waals surface area contributed by atoms with E-state index in [0.29, 0.717) is 5.92 Å². The van der Waals surface area contributed by atoms with Crippen LogP contribution in [-0.4, -0.2) is 31.6 Å². The van der Waals surface area contributed by atoms with Crippen LogP contribution in [0.15, 0.2) is 30.9 Å². The standard InChI is InChI=1S/C17H20N6/c1-3-10-23-11-19-16(22(2)13-6-8-18-9-7-13)14-17(23)21-15(20-14)12-4-5-12/h6-9,11-12H,3-5,10H2,1-2H3. The minimum Gasteiger partial charge on any atom is -0.327 e. The normalized spacial score (nSPS) is 14.3. The number of hydrogen-bond donors (Lipinski definition) is 0. The molecule has 0 unspecified atom stereocenters. The Kier molecular flexibility index (Phi) is 3.44. The van der Waals surface area contributed by atoms with E-state index < -0.39 is 0 Å². The van der Waals surface area contributed by atoms with Gasteiger partial charge in [0.15, 0.2) is 17.3 Å². The summed E-state index contributed by atoms with van der Waals surface area (Å²) in [5, 5.41) is 0.